The molecule has 4 nitrogen and oxygen atoms in total. The molecule has 1 heterocycles. The molecule has 2 N–H and O–H groups in total. The first kappa shape index (κ1) is 13.1. The van der Waals surface area contributed by atoms with Gasteiger partial charge in [-0.3, -0.25) is 9.98 Å². The highest BCUT2D eigenvalue weighted by molar-refractivity contribution is 6.01. The lowest BCUT2D eigenvalue weighted by Crippen LogP contribution is -1.98. The summed E-state index contributed by atoms with van der Waals surface area (Å²) in [4.78, 5) is 8.65. The number of hydrogen-bond acceptors (Lipinski definition) is 4. The lowest BCUT2D eigenvalue weighted by Gasteiger charge is -2.07. The van der Waals surface area contributed by atoms with Gasteiger partial charge in [0, 0.05) is 29.7 Å². The number of nitrogens with two attached hydrogens (primary N) is 1. The Bertz CT molecular complexity index is 621. The Labute approximate surface area is 113 Å². The van der Waals surface area contributed by atoms with Crippen molar-refractivity contribution in [2.45, 2.75) is 13.8 Å². The van der Waals surface area contributed by atoms with Gasteiger partial charge in [-0.25, -0.2) is 0 Å². The van der Waals surface area contributed by atoms with Crippen molar-refractivity contribution < 1.29 is 4.74 Å². The van der Waals surface area contributed by atoms with Crippen LogP contribution in [0, 0.1) is 6.92 Å². The van der Waals surface area contributed by atoms with Gasteiger partial charge in [0.15, 0.2) is 0 Å². The van der Waals surface area contributed by atoms with E-state index in [2.05, 4.69) is 9.98 Å². The van der Waals surface area contributed by atoms with Crippen molar-refractivity contribution in [3.8, 4) is 5.75 Å². The number of anilines is 1. The summed E-state index contributed by atoms with van der Waals surface area (Å²) < 4.78 is 5.12. The average Bonchev–Trinajstić information content (AvgIpc) is 2.41. The van der Waals surface area contributed by atoms with Gasteiger partial charge < -0.3 is 10.5 Å². The van der Waals surface area contributed by atoms with E-state index in [0.29, 0.717) is 5.69 Å². The maximum Gasteiger partial charge on any atom is 0.121 e. The van der Waals surface area contributed by atoms with Gasteiger partial charge in [0.05, 0.1) is 18.5 Å². The summed E-state index contributed by atoms with van der Waals surface area (Å²) in [7, 11) is 1.61. The van der Waals surface area contributed by atoms with Crippen molar-refractivity contribution in [2.24, 2.45) is 4.99 Å². The van der Waals surface area contributed by atoms with E-state index in [1.807, 2.05) is 38.2 Å². The topological polar surface area (TPSA) is 60.5 Å². The maximum absolute atomic E-state index is 5.96. The summed E-state index contributed by atoms with van der Waals surface area (Å²) >= 11 is 0. The van der Waals surface area contributed by atoms with Crippen LogP contribution < -0.4 is 10.5 Å². The Balaban J connectivity index is 2.38. The Morgan fingerprint density at radius 2 is 2.11 bits per heavy atom. The minimum absolute atomic E-state index is 0.602. The van der Waals surface area contributed by atoms with Crippen molar-refractivity contribution in [3.05, 3.63) is 47.8 Å². The van der Waals surface area contributed by atoms with Crippen molar-refractivity contribution in [1.82, 2.24) is 4.98 Å². The molecule has 0 fully saturated rings. The van der Waals surface area contributed by atoms with E-state index in [4.69, 9.17) is 10.5 Å². The molecule has 4 heteroatoms. The van der Waals surface area contributed by atoms with Crippen LogP contribution in [0.3, 0.4) is 0 Å². The zero-order valence-corrected chi connectivity index (χ0v) is 11.3. The molecule has 0 spiro atoms. The summed E-state index contributed by atoms with van der Waals surface area (Å²) in [5.74, 6) is 0.731. The molecule has 0 amide bonds. The molecule has 98 valence electrons. The molecule has 0 aliphatic carbocycles. The number of ether oxygens (including phenoxy) is 1. The molecule has 0 aliphatic heterocycles. The Hall–Kier alpha value is -2.36. The van der Waals surface area contributed by atoms with Crippen molar-refractivity contribution in [1.29, 1.82) is 0 Å². The number of pyridine rings is 1. The summed E-state index contributed by atoms with van der Waals surface area (Å²) in [6.07, 6.45) is 3.59. The third-order valence-electron chi connectivity index (χ3n) is 2.93. The highest BCUT2D eigenvalue weighted by atomic mass is 16.5. The smallest absolute Gasteiger partial charge is 0.121 e. The molecule has 0 bridgehead atoms. The number of benzene rings is 1. The number of aromatic nitrogens is 1. The Kier molecular flexibility index (Phi) is 3.80. The third-order valence-corrected chi connectivity index (χ3v) is 2.93. The van der Waals surface area contributed by atoms with Crippen LogP contribution in [0.4, 0.5) is 11.4 Å². The van der Waals surface area contributed by atoms with Gasteiger partial charge in [-0.1, -0.05) is 0 Å². The Morgan fingerprint density at radius 1 is 1.32 bits per heavy atom. The van der Waals surface area contributed by atoms with Crippen LogP contribution in [0.1, 0.15) is 18.1 Å². The van der Waals surface area contributed by atoms with Crippen LogP contribution in [0.2, 0.25) is 0 Å². The standard InChI is InChI=1S/C15H17N3O/c1-10-9-17-7-6-13(10)11(2)18-15-5-4-12(19-3)8-14(15)16/h4-9H,16H2,1-3H3. The van der Waals surface area contributed by atoms with E-state index in [9.17, 15) is 0 Å². The second kappa shape index (κ2) is 5.52. The fourth-order valence-electron chi connectivity index (χ4n) is 1.88. The van der Waals surface area contributed by atoms with Crippen molar-refractivity contribution in [2.75, 3.05) is 12.8 Å². The van der Waals surface area contributed by atoms with Crippen LogP contribution in [-0.2, 0) is 0 Å². The molecule has 19 heavy (non-hydrogen) atoms. The number of rotatable bonds is 3. The molecule has 0 aliphatic rings. The summed E-state index contributed by atoms with van der Waals surface area (Å²) in [6.45, 7) is 3.98. The number of aryl methyl sites for hydroxylation is 1. The average molecular weight is 255 g/mol. The lowest BCUT2D eigenvalue weighted by molar-refractivity contribution is 0.415. The zero-order valence-electron chi connectivity index (χ0n) is 11.3. The Morgan fingerprint density at radius 3 is 2.74 bits per heavy atom. The molecular weight excluding hydrogens is 238 g/mol. The number of nitrogens with zero attached hydrogens (tertiary/aromatic N) is 2. The van der Waals surface area contributed by atoms with E-state index in [1.54, 1.807) is 19.4 Å². The first-order valence-corrected chi connectivity index (χ1v) is 6.01. The number of hydrogen-bond donors (Lipinski definition) is 1. The number of nitrogen functional groups attached to an aromatic ring is 1. The minimum atomic E-state index is 0.602. The highest BCUT2D eigenvalue weighted by Gasteiger charge is 2.04. The second-order valence-electron chi connectivity index (χ2n) is 4.31. The van der Waals surface area contributed by atoms with E-state index in [1.165, 1.54) is 0 Å². The molecule has 0 radical (unpaired) electrons. The normalized spacial score (nSPS) is 11.4. The first-order valence-electron chi connectivity index (χ1n) is 6.01. The molecule has 1 aromatic heterocycles. The van der Waals surface area contributed by atoms with E-state index in [-0.39, 0.29) is 0 Å². The zero-order chi connectivity index (χ0) is 13.8. The van der Waals surface area contributed by atoms with Crippen LogP contribution in [0.5, 0.6) is 5.75 Å². The van der Waals surface area contributed by atoms with Crippen molar-refractivity contribution >= 4 is 17.1 Å². The fraction of sp³-hybridized carbons (Fsp3) is 0.200. The molecule has 1 aromatic carbocycles. The van der Waals surface area contributed by atoms with Gasteiger partial charge in [0.2, 0.25) is 0 Å². The third kappa shape index (κ3) is 2.91. The number of aliphatic imine (C=N–C) groups is 1. The quantitative estimate of drug-likeness (QED) is 0.677. The molecule has 2 aromatic rings. The summed E-state index contributed by atoms with van der Waals surface area (Å²) in [5.41, 5.74) is 10.4. The van der Waals surface area contributed by atoms with E-state index >= 15 is 0 Å². The highest BCUT2D eigenvalue weighted by Crippen LogP contribution is 2.27. The molecule has 0 saturated carbocycles. The van der Waals surface area contributed by atoms with Gasteiger partial charge in [-0.05, 0) is 37.6 Å². The van der Waals surface area contributed by atoms with Gasteiger partial charge in [0.25, 0.3) is 0 Å². The number of methoxy groups -OCH3 is 1. The van der Waals surface area contributed by atoms with Crippen LogP contribution in [0.15, 0.2) is 41.7 Å². The van der Waals surface area contributed by atoms with Gasteiger partial charge in [0.1, 0.15) is 5.75 Å². The van der Waals surface area contributed by atoms with Gasteiger partial charge >= 0.3 is 0 Å². The monoisotopic (exact) mass is 255 g/mol. The lowest BCUT2D eigenvalue weighted by atomic mass is 10.1. The fourth-order valence-corrected chi connectivity index (χ4v) is 1.88. The van der Waals surface area contributed by atoms with Crippen molar-refractivity contribution in [3.63, 3.8) is 0 Å². The molecule has 0 saturated heterocycles. The second-order valence-corrected chi connectivity index (χ2v) is 4.31. The molecular formula is C15H17N3O. The maximum atomic E-state index is 5.96. The van der Waals surface area contributed by atoms with E-state index in [0.717, 1.165) is 28.3 Å². The van der Waals surface area contributed by atoms with Gasteiger partial charge in [-0.15, -0.1) is 0 Å². The van der Waals surface area contributed by atoms with Gasteiger partial charge in [-0.2, -0.15) is 0 Å². The predicted molar refractivity (Wildman–Crippen MR) is 78.3 cm³/mol. The molecule has 2 rings (SSSR count). The molecule has 0 unspecified atom stereocenters. The van der Waals surface area contributed by atoms with Crippen LogP contribution in [0.25, 0.3) is 0 Å². The summed E-state index contributed by atoms with van der Waals surface area (Å²) in [6, 6.07) is 7.43. The van der Waals surface area contributed by atoms with Crippen LogP contribution >= 0.6 is 0 Å². The van der Waals surface area contributed by atoms with Crippen LogP contribution in [-0.4, -0.2) is 17.8 Å². The SMILES string of the molecule is COc1ccc(N=C(C)c2ccncc2C)c(N)c1. The first-order chi connectivity index (χ1) is 9.11. The summed E-state index contributed by atoms with van der Waals surface area (Å²) in [5, 5.41) is 0. The minimum Gasteiger partial charge on any atom is -0.497 e. The molecule has 0 atom stereocenters. The van der Waals surface area contributed by atoms with E-state index < -0.39 is 0 Å². The largest absolute Gasteiger partial charge is 0.497 e. The predicted octanol–water partition coefficient (Wildman–Crippen LogP) is 3.12.